The smallest absolute Gasteiger partial charge is 0.328 e. The van der Waals surface area contributed by atoms with Gasteiger partial charge in [0.05, 0.1) is 13.0 Å². The number of hydrogen-bond donors (Lipinski definition) is 1. The zero-order chi connectivity index (χ0) is 13.5. The third kappa shape index (κ3) is 4.27. The molecule has 0 bridgehead atoms. The van der Waals surface area contributed by atoms with Crippen LogP contribution in [0.2, 0.25) is 0 Å². The van der Waals surface area contributed by atoms with Crippen molar-refractivity contribution in [2.24, 2.45) is 0 Å². The second kappa shape index (κ2) is 6.34. The first kappa shape index (κ1) is 12.8. The third-order valence-electron chi connectivity index (χ3n) is 2.18. The minimum Gasteiger partial charge on any atom is -0.493 e. The number of para-hydroxylation sites is 1. The summed E-state index contributed by atoms with van der Waals surface area (Å²) in [6.07, 6.45) is 2.65. The van der Waals surface area contributed by atoms with Gasteiger partial charge in [-0.25, -0.2) is 4.79 Å². The Labute approximate surface area is 109 Å². The van der Waals surface area contributed by atoms with E-state index in [1.54, 1.807) is 0 Å². The number of carboxylic acids is 1. The Hall–Kier alpha value is -2.63. The number of carbonyl (C=O) groups is 1. The van der Waals surface area contributed by atoms with Crippen molar-refractivity contribution in [1.29, 1.82) is 0 Å². The van der Waals surface area contributed by atoms with Crippen LogP contribution in [-0.4, -0.2) is 27.9 Å². The molecular weight excluding hydrogens is 248 g/mol. The van der Waals surface area contributed by atoms with E-state index in [0.717, 1.165) is 11.8 Å². The van der Waals surface area contributed by atoms with Crippen LogP contribution >= 0.6 is 0 Å². The number of aliphatic carboxylic acids is 1. The lowest BCUT2D eigenvalue weighted by Crippen LogP contribution is -2.01. The molecule has 0 saturated heterocycles. The maximum absolute atomic E-state index is 10.3. The summed E-state index contributed by atoms with van der Waals surface area (Å²) in [5.41, 5.74) is 0. The lowest BCUT2D eigenvalue weighted by Gasteiger charge is -2.02. The lowest BCUT2D eigenvalue weighted by molar-refractivity contribution is -0.131. The molecule has 0 saturated carbocycles. The molecule has 0 aliphatic carbocycles. The Morgan fingerprint density at radius 3 is 2.84 bits per heavy atom. The van der Waals surface area contributed by atoms with Crippen LogP contribution in [0.1, 0.15) is 11.8 Å². The Kier molecular flexibility index (Phi) is 4.28. The van der Waals surface area contributed by atoms with E-state index in [0.29, 0.717) is 18.9 Å². The second-order valence-corrected chi connectivity index (χ2v) is 3.62. The summed E-state index contributed by atoms with van der Waals surface area (Å²) in [4.78, 5) is 10.3. The highest BCUT2D eigenvalue weighted by Gasteiger charge is 2.04. The van der Waals surface area contributed by atoms with Gasteiger partial charge in [0, 0.05) is 12.2 Å². The van der Waals surface area contributed by atoms with Gasteiger partial charge in [-0.1, -0.05) is 18.2 Å². The molecule has 0 aliphatic rings. The number of carboxylic acid groups (broad SMARTS) is 1. The van der Waals surface area contributed by atoms with E-state index in [4.69, 9.17) is 14.3 Å². The third-order valence-corrected chi connectivity index (χ3v) is 2.18. The monoisotopic (exact) mass is 260 g/mol. The van der Waals surface area contributed by atoms with Gasteiger partial charge in [-0.2, -0.15) is 0 Å². The Balaban J connectivity index is 1.82. The molecule has 1 N–H and O–H groups in total. The van der Waals surface area contributed by atoms with Gasteiger partial charge in [0.1, 0.15) is 5.75 Å². The predicted octanol–water partition coefficient (Wildman–Crippen LogP) is 1.79. The first-order valence-corrected chi connectivity index (χ1v) is 5.65. The van der Waals surface area contributed by atoms with E-state index in [9.17, 15) is 4.79 Å². The van der Waals surface area contributed by atoms with Gasteiger partial charge in [0.15, 0.2) is 0 Å². The van der Waals surface area contributed by atoms with Crippen LogP contribution in [0.15, 0.2) is 40.8 Å². The molecule has 2 rings (SSSR count). The number of rotatable bonds is 6. The molecule has 1 aromatic carbocycles. The lowest BCUT2D eigenvalue weighted by atomic mass is 10.3. The maximum Gasteiger partial charge on any atom is 0.328 e. The Morgan fingerprint density at radius 1 is 1.32 bits per heavy atom. The molecule has 0 aliphatic heterocycles. The summed E-state index contributed by atoms with van der Waals surface area (Å²) < 4.78 is 10.7. The van der Waals surface area contributed by atoms with E-state index in [1.165, 1.54) is 6.08 Å². The fourth-order valence-corrected chi connectivity index (χ4v) is 1.35. The average Bonchev–Trinajstić information content (AvgIpc) is 2.86. The topological polar surface area (TPSA) is 85.5 Å². The average molecular weight is 260 g/mol. The highest BCUT2D eigenvalue weighted by Crippen LogP contribution is 2.09. The van der Waals surface area contributed by atoms with E-state index in [-0.39, 0.29) is 5.89 Å². The van der Waals surface area contributed by atoms with Crippen molar-refractivity contribution >= 4 is 12.0 Å². The largest absolute Gasteiger partial charge is 0.493 e. The number of benzene rings is 1. The predicted molar refractivity (Wildman–Crippen MR) is 66.6 cm³/mol. The minimum absolute atomic E-state index is 0.164. The van der Waals surface area contributed by atoms with Crippen LogP contribution in [-0.2, 0) is 11.2 Å². The van der Waals surface area contributed by atoms with E-state index >= 15 is 0 Å². The molecule has 1 aromatic heterocycles. The number of ether oxygens (including phenoxy) is 1. The molecule has 0 spiro atoms. The van der Waals surface area contributed by atoms with Crippen LogP contribution in [0.25, 0.3) is 6.08 Å². The quantitative estimate of drug-likeness (QED) is 0.797. The molecule has 0 unspecified atom stereocenters. The first-order chi connectivity index (χ1) is 9.24. The fourth-order valence-electron chi connectivity index (χ4n) is 1.35. The number of nitrogens with zero attached hydrogens (tertiary/aromatic N) is 2. The molecule has 19 heavy (non-hydrogen) atoms. The maximum atomic E-state index is 10.3. The minimum atomic E-state index is -1.06. The number of aromatic nitrogens is 2. The van der Waals surface area contributed by atoms with Crippen molar-refractivity contribution < 1.29 is 19.1 Å². The van der Waals surface area contributed by atoms with E-state index in [2.05, 4.69) is 10.2 Å². The summed E-state index contributed by atoms with van der Waals surface area (Å²) >= 11 is 0. The second-order valence-electron chi connectivity index (χ2n) is 3.62. The van der Waals surface area contributed by atoms with Crippen LogP contribution in [0, 0.1) is 0 Å². The van der Waals surface area contributed by atoms with Gasteiger partial charge in [-0.3, -0.25) is 0 Å². The Bertz CT molecular complexity index is 563. The van der Waals surface area contributed by atoms with Gasteiger partial charge in [0.25, 0.3) is 0 Å². The molecule has 0 atom stereocenters. The Morgan fingerprint density at radius 2 is 2.11 bits per heavy atom. The molecule has 0 amide bonds. The van der Waals surface area contributed by atoms with Crippen molar-refractivity contribution in [1.82, 2.24) is 10.2 Å². The summed E-state index contributed by atoms with van der Waals surface area (Å²) in [5.74, 6) is 0.276. The molecule has 2 aromatic rings. The SMILES string of the molecule is O=C(O)/C=C/c1nnc(CCOc2ccccc2)o1. The van der Waals surface area contributed by atoms with Crippen LogP contribution < -0.4 is 4.74 Å². The van der Waals surface area contributed by atoms with Gasteiger partial charge in [-0.15, -0.1) is 10.2 Å². The zero-order valence-electron chi connectivity index (χ0n) is 10.0. The van der Waals surface area contributed by atoms with Crippen molar-refractivity contribution in [2.75, 3.05) is 6.61 Å². The zero-order valence-corrected chi connectivity index (χ0v) is 10.0. The normalized spacial score (nSPS) is 10.7. The van der Waals surface area contributed by atoms with Crippen molar-refractivity contribution in [3.05, 3.63) is 48.2 Å². The summed E-state index contributed by atoms with van der Waals surface area (Å²) in [6.45, 7) is 0.411. The standard InChI is InChI=1S/C13H12N2O4/c16-13(17)7-6-11-14-15-12(19-11)8-9-18-10-4-2-1-3-5-10/h1-7H,8-9H2,(H,16,17)/b7-6+. The summed E-state index contributed by atoms with van der Waals surface area (Å²) in [5, 5.41) is 15.9. The van der Waals surface area contributed by atoms with Gasteiger partial charge in [-0.05, 0) is 12.1 Å². The summed E-state index contributed by atoms with van der Waals surface area (Å²) in [6, 6.07) is 9.39. The van der Waals surface area contributed by atoms with Crippen LogP contribution in [0.5, 0.6) is 5.75 Å². The molecule has 6 nitrogen and oxygen atoms in total. The fraction of sp³-hybridized carbons (Fsp3) is 0.154. The van der Waals surface area contributed by atoms with Gasteiger partial charge < -0.3 is 14.3 Å². The van der Waals surface area contributed by atoms with Crippen LogP contribution in [0.4, 0.5) is 0 Å². The summed E-state index contributed by atoms with van der Waals surface area (Å²) in [7, 11) is 0. The van der Waals surface area contributed by atoms with Crippen molar-refractivity contribution in [3.8, 4) is 5.75 Å². The van der Waals surface area contributed by atoms with Crippen LogP contribution in [0.3, 0.4) is 0 Å². The van der Waals surface area contributed by atoms with Gasteiger partial charge >= 0.3 is 5.97 Å². The first-order valence-electron chi connectivity index (χ1n) is 5.65. The molecular formula is C13H12N2O4. The van der Waals surface area contributed by atoms with E-state index < -0.39 is 5.97 Å². The highest BCUT2D eigenvalue weighted by atomic mass is 16.5. The number of hydrogen-bond acceptors (Lipinski definition) is 5. The van der Waals surface area contributed by atoms with Crippen molar-refractivity contribution in [3.63, 3.8) is 0 Å². The molecule has 0 radical (unpaired) electrons. The van der Waals surface area contributed by atoms with Crippen molar-refractivity contribution in [2.45, 2.75) is 6.42 Å². The molecule has 0 fully saturated rings. The highest BCUT2D eigenvalue weighted by molar-refractivity contribution is 5.84. The molecule has 98 valence electrons. The molecule has 6 heteroatoms. The molecule has 1 heterocycles. The van der Waals surface area contributed by atoms with E-state index in [1.807, 2.05) is 30.3 Å². The van der Waals surface area contributed by atoms with Gasteiger partial charge in [0.2, 0.25) is 11.8 Å².